The van der Waals surface area contributed by atoms with Gasteiger partial charge >= 0.3 is 0 Å². The summed E-state index contributed by atoms with van der Waals surface area (Å²) in [5, 5.41) is 0. The van der Waals surface area contributed by atoms with E-state index in [-0.39, 0.29) is 0 Å². The molecule has 1 atom stereocenters. The number of hydrogen-bond acceptors (Lipinski definition) is 2. The number of nitrogens with two attached hydrogens (primary N) is 1. The molecule has 2 N–H and O–H groups in total. The second-order valence-corrected chi connectivity index (χ2v) is 5.34. The van der Waals surface area contributed by atoms with Gasteiger partial charge in [-0.05, 0) is 42.9 Å². The van der Waals surface area contributed by atoms with Crippen molar-refractivity contribution in [2.24, 2.45) is 5.73 Å². The number of fused-ring (bicyclic) bond motifs is 1. The molecule has 2 nitrogen and oxygen atoms in total. The number of benzene rings is 1. The van der Waals surface area contributed by atoms with Gasteiger partial charge in [0.15, 0.2) is 0 Å². The average molecular weight is 247 g/mol. The Bertz CT molecular complexity index is 375. The lowest BCUT2D eigenvalue weighted by Gasteiger charge is -2.09. The maximum Gasteiger partial charge on any atom is 0.122 e. The highest BCUT2D eigenvalue weighted by Crippen LogP contribution is 2.26. The highest BCUT2D eigenvalue weighted by Gasteiger charge is 2.11. The highest BCUT2D eigenvalue weighted by atomic mass is 16.5. The van der Waals surface area contributed by atoms with Crippen LogP contribution in [0.4, 0.5) is 0 Å². The van der Waals surface area contributed by atoms with Crippen LogP contribution in [0.2, 0.25) is 0 Å². The van der Waals surface area contributed by atoms with Gasteiger partial charge in [-0.15, -0.1) is 0 Å². The number of unbranched alkanes of at least 4 members (excludes halogenated alkanes) is 1. The van der Waals surface area contributed by atoms with Crippen LogP contribution < -0.4 is 10.5 Å². The summed E-state index contributed by atoms with van der Waals surface area (Å²) in [6.07, 6.45) is 8.27. The van der Waals surface area contributed by atoms with E-state index in [2.05, 4.69) is 25.1 Å². The largest absolute Gasteiger partial charge is 0.493 e. The third-order valence-corrected chi connectivity index (χ3v) is 3.70. The molecule has 0 aromatic heterocycles. The van der Waals surface area contributed by atoms with Gasteiger partial charge in [0, 0.05) is 12.5 Å². The number of ether oxygens (including phenoxy) is 1. The van der Waals surface area contributed by atoms with E-state index in [1.165, 1.54) is 43.2 Å². The standard InChI is InChI=1S/C16H25NO/c1-2-5-15(17)7-4-3-6-13-8-9-16-14(12-13)10-11-18-16/h8-9,12,15H,2-7,10-11,17H2,1H3. The van der Waals surface area contributed by atoms with E-state index in [9.17, 15) is 0 Å². The molecule has 1 aliphatic rings. The predicted octanol–water partition coefficient (Wildman–Crippen LogP) is 3.46. The number of aryl methyl sites for hydroxylation is 1. The van der Waals surface area contributed by atoms with Crippen molar-refractivity contribution in [1.82, 2.24) is 0 Å². The van der Waals surface area contributed by atoms with Gasteiger partial charge in [0.1, 0.15) is 5.75 Å². The van der Waals surface area contributed by atoms with Crippen LogP contribution >= 0.6 is 0 Å². The molecule has 1 heterocycles. The van der Waals surface area contributed by atoms with Gasteiger partial charge in [0.2, 0.25) is 0 Å². The Morgan fingerprint density at radius 2 is 2.17 bits per heavy atom. The van der Waals surface area contributed by atoms with Crippen LogP contribution in [0.3, 0.4) is 0 Å². The van der Waals surface area contributed by atoms with Crippen LogP contribution in [0.1, 0.15) is 50.2 Å². The molecule has 2 heteroatoms. The van der Waals surface area contributed by atoms with Crippen LogP contribution in [0.15, 0.2) is 18.2 Å². The summed E-state index contributed by atoms with van der Waals surface area (Å²) in [5.74, 6) is 1.09. The van der Waals surface area contributed by atoms with Crippen LogP contribution in [-0.2, 0) is 12.8 Å². The molecule has 2 rings (SSSR count). The maximum absolute atomic E-state index is 6.02. The van der Waals surface area contributed by atoms with Gasteiger partial charge in [-0.2, -0.15) is 0 Å². The Morgan fingerprint density at radius 1 is 1.28 bits per heavy atom. The second kappa shape index (κ2) is 6.79. The average Bonchev–Trinajstić information content (AvgIpc) is 2.82. The smallest absolute Gasteiger partial charge is 0.122 e. The molecule has 1 unspecified atom stereocenters. The Hall–Kier alpha value is -1.02. The fraction of sp³-hybridized carbons (Fsp3) is 0.625. The quantitative estimate of drug-likeness (QED) is 0.749. The fourth-order valence-corrected chi connectivity index (χ4v) is 2.65. The Labute approximate surface area is 111 Å². The zero-order chi connectivity index (χ0) is 12.8. The van der Waals surface area contributed by atoms with Crippen LogP contribution in [0, 0.1) is 0 Å². The van der Waals surface area contributed by atoms with Crippen molar-refractivity contribution in [1.29, 1.82) is 0 Å². The van der Waals surface area contributed by atoms with Crippen molar-refractivity contribution in [3.8, 4) is 5.75 Å². The third-order valence-electron chi connectivity index (χ3n) is 3.70. The molecule has 0 radical (unpaired) electrons. The van der Waals surface area contributed by atoms with Gasteiger partial charge in [-0.1, -0.05) is 31.9 Å². The maximum atomic E-state index is 6.02. The summed E-state index contributed by atoms with van der Waals surface area (Å²) < 4.78 is 5.52. The Balaban J connectivity index is 1.70. The zero-order valence-corrected chi connectivity index (χ0v) is 11.5. The summed E-state index contributed by atoms with van der Waals surface area (Å²) in [4.78, 5) is 0. The van der Waals surface area contributed by atoms with Crippen molar-refractivity contribution < 1.29 is 4.74 Å². The third kappa shape index (κ3) is 3.74. The van der Waals surface area contributed by atoms with Gasteiger partial charge in [-0.25, -0.2) is 0 Å². The van der Waals surface area contributed by atoms with E-state index in [0.717, 1.165) is 25.2 Å². The molecule has 1 aromatic carbocycles. The lowest BCUT2D eigenvalue weighted by molar-refractivity contribution is 0.357. The first-order chi connectivity index (χ1) is 8.79. The first-order valence-electron chi connectivity index (χ1n) is 7.29. The van der Waals surface area contributed by atoms with Crippen LogP contribution in [0.5, 0.6) is 5.75 Å². The molecule has 100 valence electrons. The first-order valence-corrected chi connectivity index (χ1v) is 7.29. The molecule has 1 aromatic rings. The summed E-state index contributed by atoms with van der Waals surface area (Å²) >= 11 is 0. The number of rotatable bonds is 7. The lowest BCUT2D eigenvalue weighted by Crippen LogP contribution is -2.19. The summed E-state index contributed by atoms with van der Waals surface area (Å²) in [6, 6.07) is 7.05. The van der Waals surface area contributed by atoms with Crippen molar-refractivity contribution >= 4 is 0 Å². The fourth-order valence-electron chi connectivity index (χ4n) is 2.65. The van der Waals surface area contributed by atoms with E-state index in [1.54, 1.807) is 0 Å². The molecule has 0 bridgehead atoms. The van der Waals surface area contributed by atoms with Gasteiger partial charge in [-0.3, -0.25) is 0 Å². The topological polar surface area (TPSA) is 35.2 Å². The van der Waals surface area contributed by atoms with Gasteiger partial charge in [0.05, 0.1) is 6.61 Å². The van der Waals surface area contributed by atoms with Crippen LogP contribution in [0.25, 0.3) is 0 Å². The van der Waals surface area contributed by atoms with Crippen molar-refractivity contribution in [3.63, 3.8) is 0 Å². The monoisotopic (exact) mass is 247 g/mol. The molecular formula is C16H25NO. The predicted molar refractivity (Wildman–Crippen MR) is 76.1 cm³/mol. The van der Waals surface area contributed by atoms with Crippen LogP contribution in [-0.4, -0.2) is 12.6 Å². The molecule has 1 aliphatic heterocycles. The summed E-state index contributed by atoms with van der Waals surface area (Å²) in [6.45, 7) is 3.05. The molecule has 0 saturated heterocycles. The Kier molecular flexibility index (Phi) is 5.06. The molecule has 0 spiro atoms. The molecule has 0 fully saturated rings. The minimum atomic E-state index is 0.406. The minimum Gasteiger partial charge on any atom is -0.493 e. The zero-order valence-electron chi connectivity index (χ0n) is 11.5. The Morgan fingerprint density at radius 3 is 3.00 bits per heavy atom. The van der Waals surface area contributed by atoms with E-state index in [4.69, 9.17) is 10.5 Å². The molecule has 18 heavy (non-hydrogen) atoms. The number of hydrogen-bond donors (Lipinski definition) is 1. The van der Waals surface area contributed by atoms with Crippen molar-refractivity contribution in [3.05, 3.63) is 29.3 Å². The van der Waals surface area contributed by atoms with Crippen molar-refractivity contribution in [2.45, 2.75) is 57.9 Å². The summed E-state index contributed by atoms with van der Waals surface area (Å²) in [7, 11) is 0. The molecular weight excluding hydrogens is 222 g/mol. The minimum absolute atomic E-state index is 0.406. The van der Waals surface area contributed by atoms with Crippen molar-refractivity contribution in [2.75, 3.05) is 6.61 Å². The highest BCUT2D eigenvalue weighted by molar-refractivity contribution is 5.39. The van der Waals surface area contributed by atoms with Gasteiger partial charge in [0.25, 0.3) is 0 Å². The second-order valence-electron chi connectivity index (χ2n) is 5.34. The van der Waals surface area contributed by atoms with E-state index < -0.39 is 0 Å². The molecule has 0 aliphatic carbocycles. The summed E-state index contributed by atoms with van der Waals surface area (Å²) in [5.41, 5.74) is 8.85. The lowest BCUT2D eigenvalue weighted by atomic mass is 10.0. The molecule has 0 amide bonds. The normalized spacial score (nSPS) is 15.2. The van der Waals surface area contributed by atoms with Gasteiger partial charge < -0.3 is 10.5 Å². The van der Waals surface area contributed by atoms with E-state index in [0.29, 0.717) is 6.04 Å². The first kappa shape index (κ1) is 13.4. The van der Waals surface area contributed by atoms with E-state index in [1.807, 2.05) is 0 Å². The molecule has 0 saturated carbocycles. The van der Waals surface area contributed by atoms with E-state index >= 15 is 0 Å². The SMILES string of the molecule is CCCC(N)CCCCc1ccc2c(c1)CCO2.